The average molecular weight is 328 g/mol. The Bertz CT molecular complexity index is 647. The van der Waals surface area contributed by atoms with Gasteiger partial charge < -0.3 is 5.32 Å². The fourth-order valence-corrected chi connectivity index (χ4v) is 6.28. The van der Waals surface area contributed by atoms with E-state index in [0.29, 0.717) is 17.3 Å². The van der Waals surface area contributed by atoms with Crippen molar-refractivity contribution in [3.8, 4) is 0 Å². The highest BCUT2D eigenvalue weighted by Crippen LogP contribution is 2.70. The van der Waals surface area contributed by atoms with Crippen LogP contribution in [0.2, 0.25) is 0 Å². The molecule has 2 fully saturated rings. The van der Waals surface area contributed by atoms with Gasteiger partial charge in [-0.25, -0.2) is 4.98 Å². The Kier molecular flexibility index (Phi) is 3.19. The van der Waals surface area contributed by atoms with Crippen LogP contribution in [0.1, 0.15) is 55.5 Å². The first kappa shape index (κ1) is 14.2. The number of allylic oxidation sites excluding steroid dienone is 2. The molecule has 0 saturated heterocycles. The first-order valence-corrected chi connectivity index (χ1v) is 10.1. The summed E-state index contributed by atoms with van der Waals surface area (Å²) in [5.41, 5.74) is 1.73. The summed E-state index contributed by atoms with van der Waals surface area (Å²) in [4.78, 5) is 18.9. The minimum Gasteiger partial charge on any atom is -0.302 e. The summed E-state index contributed by atoms with van der Waals surface area (Å²) < 4.78 is 0. The maximum absolute atomic E-state index is 12.8. The summed E-state index contributed by atoms with van der Waals surface area (Å²) in [7, 11) is 0. The molecule has 0 radical (unpaired) electrons. The van der Waals surface area contributed by atoms with E-state index in [1.54, 1.807) is 11.3 Å². The van der Waals surface area contributed by atoms with Crippen molar-refractivity contribution >= 4 is 22.4 Å². The number of rotatable bonds is 2. The van der Waals surface area contributed by atoms with Crippen LogP contribution in [-0.4, -0.2) is 10.9 Å². The molecule has 2 saturated carbocycles. The number of anilines is 1. The van der Waals surface area contributed by atoms with Crippen LogP contribution in [0.4, 0.5) is 5.13 Å². The first-order chi connectivity index (χ1) is 11.3. The van der Waals surface area contributed by atoms with Crippen molar-refractivity contribution in [2.45, 2.75) is 57.8 Å². The van der Waals surface area contributed by atoms with E-state index in [1.807, 2.05) is 0 Å². The molecule has 23 heavy (non-hydrogen) atoms. The van der Waals surface area contributed by atoms with E-state index in [2.05, 4.69) is 17.5 Å². The molecular formula is C19H24N2OS. The van der Waals surface area contributed by atoms with E-state index in [9.17, 15) is 4.79 Å². The highest BCUT2D eigenvalue weighted by Gasteiger charge is 2.64. The molecule has 122 valence electrons. The second kappa shape index (κ2) is 5.17. The zero-order chi connectivity index (χ0) is 15.4. The first-order valence-electron chi connectivity index (χ1n) is 9.24. The molecule has 4 heteroatoms. The summed E-state index contributed by atoms with van der Waals surface area (Å²) >= 11 is 1.72. The number of nitrogens with zero attached hydrogens (tertiary/aromatic N) is 1. The van der Waals surface area contributed by atoms with Crippen molar-refractivity contribution < 1.29 is 4.79 Å². The number of hydrogen-bond acceptors (Lipinski definition) is 3. The molecule has 1 spiro atoms. The molecule has 0 aromatic carbocycles. The Morgan fingerprint density at radius 2 is 2.00 bits per heavy atom. The van der Waals surface area contributed by atoms with E-state index >= 15 is 0 Å². The van der Waals surface area contributed by atoms with E-state index in [-0.39, 0.29) is 11.8 Å². The molecule has 0 aliphatic heterocycles. The maximum Gasteiger partial charge on any atom is 0.229 e. The van der Waals surface area contributed by atoms with Crippen LogP contribution in [0.3, 0.4) is 0 Å². The quantitative estimate of drug-likeness (QED) is 0.820. The van der Waals surface area contributed by atoms with E-state index in [0.717, 1.165) is 24.4 Å². The molecule has 5 rings (SSSR count). The van der Waals surface area contributed by atoms with Crippen LogP contribution in [0.5, 0.6) is 0 Å². The highest BCUT2D eigenvalue weighted by molar-refractivity contribution is 7.15. The third-order valence-corrected chi connectivity index (χ3v) is 7.71. The van der Waals surface area contributed by atoms with Gasteiger partial charge in [-0.15, -0.1) is 11.3 Å². The number of aryl methyl sites for hydroxylation is 2. The van der Waals surface area contributed by atoms with Gasteiger partial charge in [-0.2, -0.15) is 0 Å². The number of carbonyl (C=O) groups excluding carboxylic acids is 1. The standard InChI is InChI=1S/C19H24N2OS/c22-17(13-11-12-7-8-14(13)19(12)9-10-19)21-18-20-15-5-3-1-2-4-6-16(15)23-18/h7-8,12-14H,1-6,9-11H2,(H,20,21,22). The maximum atomic E-state index is 12.8. The van der Waals surface area contributed by atoms with Crippen LogP contribution in [0.25, 0.3) is 0 Å². The second-order valence-electron chi connectivity index (χ2n) is 7.88. The van der Waals surface area contributed by atoms with Crippen molar-refractivity contribution in [1.82, 2.24) is 4.98 Å². The minimum atomic E-state index is 0.180. The van der Waals surface area contributed by atoms with Gasteiger partial charge in [0.15, 0.2) is 5.13 Å². The molecular weight excluding hydrogens is 304 g/mol. The summed E-state index contributed by atoms with van der Waals surface area (Å²) in [6.45, 7) is 0. The molecule has 3 atom stereocenters. The van der Waals surface area contributed by atoms with Gasteiger partial charge in [0.2, 0.25) is 5.91 Å². The zero-order valence-electron chi connectivity index (χ0n) is 13.5. The Balaban J connectivity index is 1.31. The number of carbonyl (C=O) groups is 1. The zero-order valence-corrected chi connectivity index (χ0v) is 14.3. The van der Waals surface area contributed by atoms with Crippen molar-refractivity contribution in [3.05, 3.63) is 22.7 Å². The fourth-order valence-electron chi connectivity index (χ4n) is 5.23. The third kappa shape index (κ3) is 2.21. The summed E-state index contributed by atoms with van der Waals surface area (Å²) in [6, 6.07) is 0. The van der Waals surface area contributed by atoms with Crippen LogP contribution in [0.15, 0.2) is 12.2 Å². The van der Waals surface area contributed by atoms with Crippen LogP contribution in [-0.2, 0) is 17.6 Å². The summed E-state index contributed by atoms with van der Waals surface area (Å²) in [5.74, 6) is 1.56. The fraction of sp³-hybridized carbons (Fsp3) is 0.684. The molecule has 1 amide bonds. The largest absolute Gasteiger partial charge is 0.302 e. The number of nitrogens with one attached hydrogen (secondary N) is 1. The van der Waals surface area contributed by atoms with E-state index in [4.69, 9.17) is 4.98 Å². The SMILES string of the molecule is O=C(Nc1nc2c(s1)CCCCCC2)C1CC2C=CC1C21CC1. The Labute approximate surface area is 141 Å². The van der Waals surface area contributed by atoms with Gasteiger partial charge in [-0.1, -0.05) is 25.0 Å². The number of aromatic nitrogens is 1. The monoisotopic (exact) mass is 328 g/mol. The predicted molar refractivity (Wildman–Crippen MR) is 92.5 cm³/mol. The van der Waals surface area contributed by atoms with Gasteiger partial charge in [0, 0.05) is 10.8 Å². The summed E-state index contributed by atoms with van der Waals surface area (Å²) in [6.07, 6.45) is 15.8. The molecule has 4 aliphatic rings. The lowest BCUT2D eigenvalue weighted by molar-refractivity contribution is -0.120. The van der Waals surface area contributed by atoms with Gasteiger partial charge in [0.25, 0.3) is 0 Å². The molecule has 1 aromatic rings. The normalized spacial score (nSPS) is 33.3. The molecule has 3 unspecified atom stereocenters. The van der Waals surface area contributed by atoms with Gasteiger partial charge in [0.1, 0.15) is 0 Å². The summed E-state index contributed by atoms with van der Waals surface area (Å²) in [5, 5.41) is 4.01. The van der Waals surface area contributed by atoms with Crippen molar-refractivity contribution in [1.29, 1.82) is 0 Å². The molecule has 1 N–H and O–H groups in total. The van der Waals surface area contributed by atoms with Gasteiger partial charge >= 0.3 is 0 Å². The Morgan fingerprint density at radius 3 is 2.78 bits per heavy atom. The second-order valence-corrected chi connectivity index (χ2v) is 8.97. The Hall–Kier alpha value is -1.16. The van der Waals surface area contributed by atoms with Crippen molar-refractivity contribution in [3.63, 3.8) is 0 Å². The van der Waals surface area contributed by atoms with Crippen LogP contribution >= 0.6 is 11.3 Å². The lowest BCUT2D eigenvalue weighted by Gasteiger charge is -2.18. The number of amides is 1. The van der Waals surface area contributed by atoms with E-state index < -0.39 is 0 Å². The van der Waals surface area contributed by atoms with Crippen molar-refractivity contribution in [2.75, 3.05) is 5.32 Å². The van der Waals surface area contributed by atoms with E-state index in [1.165, 1.54) is 49.1 Å². The van der Waals surface area contributed by atoms with Gasteiger partial charge in [0.05, 0.1) is 5.69 Å². The molecule has 1 heterocycles. The molecule has 1 aromatic heterocycles. The third-order valence-electron chi connectivity index (χ3n) is 6.63. The lowest BCUT2D eigenvalue weighted by atomic mass is 9.88. The predicted octanol–water partition coefficient (Wildman–Crippen LogP) is 4.34. The van der Waals surface area contributed by atoms with Crippen LogP contribution in [0, 0.1) is 23.2 Å². The van der Waals surface area contributed by atoms with Gasteiger partial charge in [-0.05, 0) is 62.2 Å². The smallest absolute Gasteiger partial charge is 0.229 e. The molecule has 2 bridgehead atoms. The van der Waals surface area contributed by atoms with Crippen molar-refractivity contribution in [2.24, 2.45) is 23.2 Å². The van der Waals surface area contributed by atoms with Gasteiger partial charge in [-0.3, -0.25) is 4.79 Å². The topological polar surface area (TPSA) is 42.0 Å². The Morgan fingerprint density at radius 1 is 1.17 bits per heavy atom. The number of fused-ring (bicyclic) bond motifs is 1. The highest BCUT2D eigenvalue weighted by atomic mass is 32.1. The minimum absolute atomic E-state index is 0.180. The molecule has 3 nitrogen and oxygen atoms in total. The lowest BCUT2D eigenvalue weighted by Crippen LogP contribution is -2.27. The number of hydrogen-bond donors (Lipinski definition) is 1. The van der Waals surface area contributed by atoms with Crippen LogP contribution < -0.4 is 5.32 Å². The average Bonchev–Trinajstić information content (AvgIpc) is 3.05. The number of thiazole rings is 1. The molecule has 4 aliphatic carbocycles.